The van der Waals surface area contributed by atoms with Crippen LogP contribution >= 0.6 is 23.2 Å². The minimum absolute atomic E-state index is 0.0948. The molecule has 3 rings (SSSR count). The van der Waals surface area contributed by atoms with E-state index in [0.29, 0.717) is 22.3 Å². The zero-order chi connectivity index (χ0) is 19.2. The van der Waals surface area contributed by atoms with Crippen LogP contribution in [0.15, 0.2) is 42.5 Å². The molecule has 1 saturated heterocycles. The Morgan fingerprint density at radius 1 is 1.15 bits per heavy atom. The van der Waals surface area contributed by atoms with Crippen molar-refractivity contribution in [3.63, 3.8) is 0 Å². The zero-order valence-electron chi connectivity index (χ0n) is 15.2. The number of hydrogen-bond acceptors (Lipinski definition) is 4. The lowest BCUT2D eigenvalue weighted by molar-refractivity contribution is -0.132. The van der Waals surface area contributed by atoms with Crippen LogP contribution in [0.25, 0.3) is 0 Å². The summed E-state index contributed by atoms with van der Waals surface area (Å²) in [5, 5.41) is 0.934. The van der Waals surface area contributed by atoms with Crippen molar-refractivity contribution in [3.8, 4) is 5.75 Å². The van der Waals surface area contributed by atoms with Crippen molar-refractivity contribution < 1.29 is 14.3 Å². The summed E-state index contributed by atoms with van der Waals surface area (Å²) >= 11 is 12.0. The van der Waals surface area contributed by atoms with Gasteiger partial charge in [-0.2, -0.15) is 0 Å². The van der Waals surface area contributed by atoms with Crippen LogP contribution in [0.2, 0.25) is 10.0 Å². The fourth-order valence-electron chi connectivity index (χ4n) is 2.83. The quantitative estimate of drug-likeness (QED) is 0.727. The first-order valence-corrected chi connectivity index (χ1v) is 9.52. The Kier molecular flexibility index (Phi) is 6.83. The van der Waals surface area contributed by atoms with Crippen LogP contribution in [0, 0.1) is 0 Å². The predicted molar refractivity (Wildman–Crippen MR) is 108 cm³/mol. The highest BCUT2D eigenvalue weighted by Gasteiger charge is 2.14. The van der Waals surface area contributed by atoms with Gasteiger partial charge in [-0.1, -0.05) is 35.3 Å². The van der Waals surface area contributed by atoms with Gasteiger partial charge in [-0.05, 0) is 29.8 Å². The van der Waals surface area contributed by atoms with Gasteiger partial charge in [0.2, 0.25) is 0 Å². The zero-order valence-corrected chi connectivity index (χ0v) is 16.7. The molecule has 0 saturated carbocycles. The number of halogens is 2. The van der Waals surface area contributed by atoms with Crippen molar-refractivity contribution in [2.45, 2.75) is 6.54 Å². The number of rotatable bonds is 6. The summed E-state index contributed by atoms with van der Waals surface area (Å²) < 4.78 is 10.9. The first-order valence-electron chi connectivity index (χ1n) is 8.76. The van der Waals surface area contributed by atoms with Crippen molar-refractivity contribution in [1.29, 1.82) is 0 Å². The minimum Gasteiger partial charge on any atom is -0.482 e. The molecule has 0 N–H and O–H groups in total. The minimum atomic E-state index is -0.136. The van der Waals surface area contributed by atoms with Crippen molar-refractivity contribution in [2.75, 3.05) is 44.9 Å². The maximum Gasteiger partial charge on any atom is 0.260 e. The fourth-order valence-corrected chi connectivity index (χ4v) is 3.17. The molecule has 2 aromatic carbocycles. The predicted octanol–water partition coefficient (Wildman–Crippen LogP) is 3.87. The molecular weight excluding hydrogens is 387 g/mol. The van der Waals surface area contributed by atoms with Crippen molar-refractivity contribution >= 4 is 34.8 Å². The van der Waals surface area contributed by atoms with Crippen LogP contribution in [0.3, 0.4) is 0 Å². The summed E-state index contributed by atoms with van der Waals surface area (Å²) in [6.07, 6.45) is 0. The average molecular weight is 409 g/mol. The molecule has 0 bridgehead atoms. The Labute approximate surface area is 169 Å². The number of carbonyl (C=O) groups excluding carboxylic acids is 1. The van der Waals surface area contributed by atoms with Crippen LogP contribution in [-0.2, 0) is 16.1 Å². The van der Waals surface area contributed by atoms with Gasteiger partial charge < -0.3 is 19.3 Å². The fraction of sp³-hybridized carbons (Fsp3) is 0.350. The van der Waals surface area contributed by atoms with E-state index in [1.165, 1.54) is 5.69 Å². The lowest BCUT2D eigenvalue weighted by Gasteiger charge is -2.29. The number of likely N-dealkylation sites (N-methyl/N-ethyl adjacent to an activating group) is 1. The molecule has 0 unspecified atom stereocenters. The second kappa shape index (κ2) is 9.31. The van der Waals surface area contributed by atoms with E-state index in [1.807, 2.05) is 12.1 Å². The van der Waals surface area contributed by atoms with E-state index in [1.54, 1.807) is 30.1 Å². The Bertz CT molecular complexity index is 777. The molecule has 1 fully saturated rings. The molecule has 0 spiro atoms. The van der Waals surface area contributed by atoms with E-state index in [4.69, 9.17) is 32.7 Å². The Morgan fingerprint density at radius 2 is 1.85 bits per heavy atom. The summed E-state index contributed by atoms with van der Waals surface area (Å²) in [7, 11) is 1.75. The van der Waals surface area contributed by atoms with E-state index in [0.717, 1.165) is 31.9 Å². The normalized spacial score (nSPS) is 14.1. The van der Waals surface area contributed by atoms with Gasteiger partial charge >= 0.3 is 0 Å². The number of morpholine rings is 1. The van der Waals surface area contributed by atoms with Gasteiger partial charge in [0.05, 0.1) is 18.2 Å². The third kappa shape index (κ3) is 5.51. The topological polar surface area (TPSA) is 42.0 Å². The number of nitrogens with zero attached hydrogens (tertiary/aromatic N) is 2. The number of amides is 1. The van der Waals surface area contributed by atoms with E-state index in [9.17, 15) is 4.79 Å². The van der Waals surface area contributed by atoms with E-state index >= 15 is 0 Å². The van der Waals surface area contributed by atoms with Crippen LogP contribution in [0.4, 0.5) is 5.69 Å². The molecule has 0 aliphatic carbocycles. The van der Waals surface area contributed by atoms with Gasteiger partial charge in [0.15, 0.2) is 6.61 Å². The molecule has 1 aliphatic rings. The van der Waals surface area contributed by atoms with Crippen LogP contribution < -0.4 is 9.64 Å². The average Bonchev–Trinajstić information content (AvgIpc) is 2.69. The third-order valence-electron chi connectivity index (χ3n) is 4.40. The number of hydrogen-bond donors (Lipinski definition) is 0. The first-order chi connectivity index (χ1) is 13.0. The van der Waals surface area contributed by atoms with Gasteiger partial charge in [-0.25, -0.2) is 0 Å². The molecule has 144 valence electrons. The highest BCUT2D eigenvalue weighted by Crippen LogP contribution is 2.27. The van der Waals surface area contributed by atoms with E-state index < -0.39 is 0 Å². The summed E-state index contributed by atoms with van der Waals surface area (Å²) in [6, 6.07) is 13.2. The van der Waals surface area contributed by atoms with Crippen LogP contribution in [0.5, 0.6) is 5.75 Å². The Morgan fingerprint density at radius 3 is 2.56 bits per heavy atom. The molecule has 0 radical (unpaired) electrons. The highest BCUT2D eigenvalue weighted by molar-refractivity contribution is 6.34. The number of ether oxygens (including phenoxy) is 2. The van der Waals surface area contributed by atoms with Crippen molar-refractivity contribution in [2.24, 2.45) is 0 Å². The molecule has 5 nitrogen and oxygen atoms in total. The molecule has 1 amide bonds. The van der Waals surface area contributed by atoms with Gasteiger partial charge in [0.1, 0.15) is 5.75 Å². The van der Waals surface area contributed by atoms with Crippen molar-refractivity contribution in [1.82, 2.24) is 4.90 Å². The molecule has 0 aromatic heterocycles. The van der Waals surface area contributed by atoms with Crippen LogP contribution in [0.1, 0.15) is 5.56 Å². The molecule has 1 heterocycles. The summed E-state index contributed by atoms with van der Waals surface area (Å²) in [5.41, 5.74) is 2.23. The molecule has 2 aromatic rings. The first kappa shape index (κ1) is 19.8. The molecule has 7 heteroatoms. The number of anilines is 1. The monoisotopic (exact) mass is 408 g/mol. The maximum absolute atomic E-state index is 12.3. The maximum atomic E-state index is 12.3. The lowest BCUT2D eigenvalue weighted by Crippen LogP contribution is -2.36. The van der Waals surface area contributed by atoms with Crippen molar-refractivity contribution in [3.05, 3.63) is 58.1 Å². The Hall–Kier alpha value is -1.95. The number of benzene rings is 2. The molecule has 27 heavy (non-hydrogen) atoms. The van der Waals surface area contributed by atoms with Gasteiger partial charge in [0, 0.05) is 43.5 Å². The largest absolute Gasteiger partial charge is 0.482 e. The summed E-state index contributed by atoms with van der Waals surface area (Å²) in [5.74, 6) is 0.268. The SMILES string of the molecule is CN(Cc1ccc(N2CCOCC2)cc1)C(=O)COc1cc(Cl)ccc1Cl. The summed E-state index contributed by atoms with van der Waals surface area (Å²) in [4.78, 5) is 16.3. The second-order valence-corrected chi connectivity index (χ2v) is 7.22. The Balaban J connectivity index is 1.52. The third-order valence-corrected chi connectivity index (χ3v) is 4.95. The second-order valence-electron chi connectivity index (χ2n) is 6.38. The van der Waals surface area contributed by atoms with Crippen LogP contribution in [-0.4, -0.2) is 50.8 Å². The number of carbonyl (C=O) groups is 1. The van der Waals surface area contributed by atoms with Gasteiger partial charge in [0.25, 0.3) is 5.91 Å². The highest BCUT2D eigenvalue weighted by atomic mass is 35.5. The lowest BCUT2D eigenvalue weighted by atomic mass is 10.1. The molecule has 0 atom stereocenters. The van der Waals surface area contributed by atoms with Gasteiger partial charge in [-0.15, -0.1) is 0 Å². The molecular formula is C20H22Cl2N2O3. The van der Waals surface area contributed by atoms with E-state index in [-0.39, 0.29) is 12.5 Å². The van der Waals surface area contributed by atoms with Gasteiger partial charge in [-0.3, -0.25) is 4.79 Å². The van der Waals surface area contributed by atoms with E-state index in [2.05, 4.69) is 17.0 Å². The molecule has 1 aliphatic heterocycles. The standard InChI is InChI=1S/C20H22Cl2N2O3/c1-23(20(25)14-27-19-12-16(21)4-7-18(19)22)13-15-2-5-17(6-3-15)24-8-10-26-11-9-24/h2-7,12H,8-11,13-14H2,1H3. The summed E-state index contributed by atoms with van der Waals surface area (Å²) in [6.45, 7) is 3.74. The smallest absolute Gasteiger partial charge is 0.260 e.